The maximum atomic E-state index is 5.11. The molecule has 0 aliphatic heterocycles. The lowest BCUT2D eigenvalue weighted by Crippen LogP contribution is -2.20. The maximum absolute atomic E-state index is 5.11. The Labute approximate surface area is 154 Å². The van der Waals surface area contributed by atoms with Crippen molar-refractivity contribution in [2.45, 2.75) is 108 Å². The average molecular weight is 338 g/mol. The second kappa shape index (κ2) is 15.7. The molecule has 2 rings (SSSR count). The average Bonchev–Trinajstić information content (AvgIpc) is 2.47. The molecular weight excluding hydrogens is 290 g/mol. The Hall–Kier alpha value is -0.820. The van der Waals surface area contributed by atoms with Gasteiger partial charge in [0.2, 0.25) is 0 Å². The summed E-state index contributed by atoms with van der Waals surface area (Å²) in [6.07, 6.45) is 4.37. The van der Waals surface area contributed by atoms with E-state index < -0.39 is 0 Å². The van der Waals surface area contributed by atoms with Crippen LogP contribution < -0.4 is 5.73 Å². The number of hydrogen-bond acceptors (Lipinski definition) is 1. The summed E-state index contributed by atoms with van der Waals surface area (Å²) >= 11 is 0. The van der Waals surface area contributed by atoms with Crippen molar-refractivity contribution in [3.05, 3.63) is 34.4 Å². The molecule has 0 bridgehead atoms. The molecular formula is C23H47N. The van der Waals surface area contributed by atoms with Gasteiger partial charge in [-0.3, -0.25) is 0 Å². The minimum atomic E-state index is 0.333. The van der Waals surface area contributed by atoms with Gasteiger partial charge in [0.15, 0.2) is 0 Å². The molecule has 1 nitrogen and oxygen atoms in total. The van der Waals surface area contributed by atoms with Gasteiger partial charge in [0.25, 0.3) is 0 Å². The van der Waals surface area contributed by atoms with E-state index in [1.54, 1.807) is 0 Å². The van der Waals surface area contributed by atoms with Crippen molar-refractivity contribution in [3.63, 3.8) is 0 Å². The molecule has 0 atom stereocenters. The van der Waals surface area contributed by atoms with Gasteiger partial charge in [-0.05, 0) is 68.7 Å². The highest BCUT2D eigenvalue weighted by Gasteiger charge is 2.24. The van der Waals surface area contributed by atoms with E-state index in [1.807, 2.05) is 41.5 Å². The first kappa shape index (κ1) is 28.0. The van der Waals surface area contributed by atoms with E-state index in [4.69, 9.17) is 5.73 Å². The quantitative estimate of drug-likeness (QED) is 0.520. The summed E-state index contributed by atoms with van der Waals surface area (Å²) in [5.74, 6) is 0. The molecule has 1 heteroatoms. The first-order valence-electron chi connectivity index (χ1n) is 9.85. The molecule has 0 aromatic heterocycles. The first-order chi connectivity index (χ1) is 11.0. The molecule has 1 saturated carbocycles. The zero-order valence-corrected chi connectivity index (χ0v) is 18.9. The van der Waals surface area contributed by atoms with Crippen molar-refractivity contribution in [1.29, 1.82) is 0 Å². The Morgan fingerprint density at radius 2 is 1.08 bits per heavy atom. The van der Waals surface area contributed by atoms with E-state index in [1.165, 1.54) is 41.5 Å². The monoisotopic (exact) mass is 337 g/mol. The van der Waals surface area contributed by atoms with Crippen molar-refractivity contribution in [3.8, 4) is 0 Å². The second-order valence-electron chi connectivity index (χ2n) is 7.29. The molecule has 1 aromatic carbocycles. The fourth-order valence-corrected chi connectivity index (χ4v) is 2.14. The van der Waals surface area contributed by atoms with Gasteiger partial charge in [0, 0.05) is 0 Å². The van der Waals surface area contributed by atoms with Gasteiger partial charge in [0.1, 0.15) is 0 Å². The van der Waals surface area contributed by atoms with E-state index in [0.717, 1.165) is 5.41 Å². The molecule has 0 unspecified atom stereocenters. The van der Waals surface area contributed by atoms with E-state index >= 15 is 0 Å². The van der Waals surface area contributed by atoms with Gasteiger partial charge in [-0.1, -0.05) is 79.5 Å². The third-order valence-corrected chi connectivity index (χ3v) is 3.78. The van der Waals surface area contributed by atoms with Crippen molar-refractivity contribution in [2.75, 3.05) is 0 Å². The normalized spacial score (nSPS) is 13.4. The number of hydrogen-bond donors (Lipinski definition) is 1. The molecule has 1 aliphatic rings. The molecule has 1 fully saturated rings. The van der Waals surface area contributed by atoms with Crippen LogP contribution in [-0.4, -0.2) is 6.04 Å². The van der Waals surface area contributed by atoms with Crippen LogP contribution in [-0.2, 0) is 0 Å². The van der Waals surface area contributed by atoms with Gasteiger partial charge in [-0.15, -0.1) is 0 Å². The zero-order chi connectivity index (χ0) is 19.9. The molecule has 2 N–H and O–H groups in total. The van der Waals surface area contributed by atoms with Gasteiger partial charge in [0.05, 0.1) is 0 Å². The smallest absolute Gasteiger partial charge is 0.00179 e. The fraction of sp³-hybridized carbons (Fsp3) is 0.739. The van der Waals surface area contributed by atoms with Crippen LogP contribution in [0.15, 0.2) is 12.1 Å². The van der Waals surface area contributed by atoms with Crippen LogP contribution in [0.1, 0.15) is 96.9 Å². The lowest BCUT2D eigenvalue weighted by atomic mass is 9.72. The Kier molecular flexibility index (Phi) is 18.3. The number of aryl methyl sites for hydroxylation is 3. The summed E-state index contributed by atoms with van der Waals surface area (Å²) in [5.41, 5.74) is 11.4. The SMILES string of the molecule is CC.CC.CC(C)N.CC1(C)CCC1.Cc1cc(C)c(C)c(C)c1. The summed E-state index contributed by atoms with van der Waals surface area (Å²) in [5, 5.41) is 0. The first-order valence-corrected chi connectivity index (χ1v) is 9.85. The van der Waals surface area contributed by atoms with Crippen LogP contribution in [0.3, 0.4) is 0 Å². The van der Waals surface area contributed by atoms with Crippen LogP contribution in [0.4, 0.5) is 0 Å². The number of rotatable bonds is 0. The summed E-state index contributed by atoms with van der Waals surface area (Å²) in [6.45, 7) is 25.2. The zero-order valence-electron chi connectivity index (χ0n) is 18.9. The van der Waals surface area contributed by atoms with E-state index in [-0.39, 0.29) is 0 Å². The largest absolute Gasteiger partial charge is 0.328 e. The van der Waals surface area contributed by atoms with Crippen LogP contribution in [0.2, 0.25) is 0 Å². The molecule has 1 aliphatic carbocycles. The topological polar surface area (TPSA) is 26.0 Å². The van der Waals surface area contributed by atoms with Crippen LogP contribution >= 0.6 is 0 Å². The Balaban J connectivity index is -0.000000271. The summed E-state index contributed by atoms with van der Waals surface area (Å²) < 4.78 is 0. The Morgan fingerprint density at radius 3 is 1.25 bits per heavy atom. The lowest BCUT2D eigenvalue weighted by Gasteiger charge is -2.33. The highest BCUT2D eigenvalue weighted by atomic mass is 14.6. The molecule has 0 saturated heterocycles. The fourth-order valence-electron chi connectivity index (χ4n) is 2.14. The standard InChI is InChI=1S/C10H14.C6H12.C3H9N.2C2H6/c1-7-5-8(2)10(4)9(3)6-7;1-6(2)4-3-5-6;1-3(2)4;2*1-2/h5-6H,1-4H3;3-5H2,1-2H3;3H,4H2,1-2H3;2*1-2H3. The Bertz CT molecular complexity index is 371. The maximum Gasteiger partial charge on any atom is -0.00179 e. The summed E-state index contributed by atoms with van der Waals surface area (Å²) in [6, 6.07) is 4.78. The van der Waals surface area contributed by atoms with Crippen LogP contribution in [0.25, 0.3) is 0 Å². The molecule has 144 valence electrons. The predicted octanol–water partition coefficient (Wildman–Crippen LogP) is 7.52. The highest BCUT2D eigenvalue weighted by molar-refractivity contribution is 5.36. The van der Waals surface area contributed by atoms with Gasteiger partial charge < -0.3 is 5.73 Å². The molecule has 0 amide bonds. The molecule has 0 radical (unpaired) electrons. The second-order valence-corrected chi connectivity index (χ2v) is 7.29. The third-order valence-electron chi connectivity index (χ3n) is 3.78. The Morgan fingerprint density at radius 1 is 0.833 bits per heavy atom. The molecule has 0 heterocycles. The number of benzene rings is 1. The van der Waals surface area contributed by atoms with E-state index in [0.29, 0.717) is 6.04 Å². The van der Waals surface area contributed by atoms with Crippen molar-refractivity contribution < 1.29 is 0 Å². The van der Waals surface area contributed by atoms with E-state index in [2.05, 4.69) is 53.7 Å². The molecule has 24 heavy (non-hydrogen) atoms. The minimum absolute atomic E-state index is 0.333. The van der Waals surface area contributed by atoms with Crippen molar-refractivity contribution in [1.82, 2.24) is 0 Å². The lowest BCUT2D eigenvalue weighted by molar-refractivity contribution is 0.190. The molecule has 0 spiro atoms. The summed E-state index contributed by atoms with van der Waals surface area (Å²) in [4.78, 5) is 0. The van der Waals surface area contributed by atoms with Crippen molar-refractivity contribution in [2.24, 2.45) is 11.1 Å². The van der Waals surface area contributed by atoms with Gasteiger partial charge >= 0.3 is 0 Å². The van der Waals surface area contributed by atoms with Crippen molar-refractivity contribution >= 4 is 0 Å². The van der Waals surface area contributed by atoms with Crippen LogP contribution in [0, 0.1) is 33.1 Å². The third kappa shape index (κ3) is 16.1. The number of nitrogens with two attached hydrogens (primary N) is 1. The van der Waals surface area contributed by atoms with E-state index in [9.17, 15) is 0 Å². The van der Waals surface area contributed by atoms with Gasteiger partial charge in [-0.25, -0.2) is 0 Å². The minimum Gasteiger partial charge on any atom is -0.328 e. The predicted molar refractivity (Wildman–Crippen MR) is 115 cm³/mol. The van der Waals surface area contributed by atoms with Gasteiger partial charge in [-0.2, -0.15) is 0 Å². The van der Waals surface area contributed by atoms with Crippen LogP contribution in [0.5, 0.6) is 0 Å². The summed E-state index contributed by atoms with van der Waals surface area (Å²) in [7, 11) is 0. The highest BCUT2D eigenvalue weighted by Crippen LogP contribution is 2.38. The molecule has 1 aromatic rings.